The highest BCUT2D eigenvalue weighted by atomic mass is 19.1. The smallest absolute Gasteiger partial charge is 0.414 e. The molecule has 5 rings (SSSR count). The minimum absolute atomic E-state index is 0.0622. The summed E-state index contributed by atoms with van der Waals surface area (Å²) < 4.78 is 18.5. The molecule has 2 aliphatic carbocycles. The number of benzene rings is 1. The van der Waals surface area contributed by atoms with Crippen molar-refractivity contribution in [1.82, 2.24) is 4.98 Å². The van der Waals surface area contributed by atoms with E-state index in [2.05, 4.69) is 5.32 Å². The summed E-state index contributed by atoms with van der Waals surface area (Å²) in [5, 5.41) is 2.90. The minimum Gasteiger partial charge on any atom is -0.446 e. The standard InChI is InChI=1S/C22H22FN3O3/c23-14-2-4-15(5-3-14)24-20(27)22(11-1-12-22)19-9-8-18-17(25-19)10-13-26(18)21(28)29-16-6-7-16/h2-5,8-9,16H,1,6-7,10-13H2,(H,24,27). The molecule has 29 heavy (non-hydrogen) atoms. The van der Waals surface area contributed by atoms with Gasteiger partial charge in [-0.1, -0.05) is 6.42 Å². The fourth-order valence-corrected chi connectivity index (χ4v) is 4.02. The normalized spacial score (nSPS) is 19.3. The summed E-state index contributed by atoms with van der Waals surface area (Å²) in [6, 6.07) is 9.49. The van der Waals surface area contributed by atoms with Crippen molar-refractivity contribution in [3.8, 4) is 0 Å². The van der Waals surface area contributed by atoms with E-state index >= 15 is 0 Å². The Hall–Kier alpha value is -2.96. The summed E-state index contributed by atoms with van der Waals surface area (Å²) in [5.74, 6) is -0.461. The minimum atomic E-state index is -0.675. The number of hydrogen-bond donors (Lipinski definition) is 1. The summed E-state index contributed by atoms with van der Waals surface area (Å²) in [4.78, 5) is 31.8. The molecule has 1 aliphatic heterocycles. The molecule has 2 heterocycles. The van der Waals surface area contributed by atoms with Crippen molar-refractivity contribution in [2.45, 2.75) is 50.0 Å². The summed E-state index contributed by atoms with van der Waals surface area (Å²) in [7, 11) is 0. The number of pyridine rings is 1. The molecule has 0 radical (unpaired) electrons. The molecule has 150 valence electrons. The molecule has 0 bridgehead atoms. The van der Waals surface area contributed by atoms with Crippen molar-refractivity contribution in [2.24, 2.45) is 0 Å². The summed E-state index contributed by atoms with van der Waals surface area (Å²) in [5.41, 5.74) is 2.23. The van der Waals surface area contributed by atoms with Gasteiger partial charge >= 0.3 is 6.09 Å². The number of carbonyl (C=O) groups excluding carboxylic acids is 2. The molecular formula is C22H22FN3O3. The summed E-state index contributed by atoms with van der Waals surface area (Å²) in [6.45, 7) is 0.548. The van der Waals surface area contributed by atoms with E-state index in [4.69, 9.17) is 9.72 Å². The van der Waals surface area contributed by atoms with Crippen LogP contribution in [0.5, 0.6) is 0 Å². The number of carbonyl (C=O) groups is 2. The molecule has 6 nitrogen and oxygen atoms in total. The van der Waals surface area contributed by atoms with Crippen molar-refractivity contribution >= 4 is 23.4 Å². The van der Waals surface area contributed by atoms with E-state index in [0.29, 0.717) is 18.7 Å². The second kappa shape index (κ2) is 6.83. The van der Waals surface area contributed by atoms with Gasteiger partial charge in [0.15, 0.2) is 0 Å². The lowest BCUT2D eigenvalue weighted by Gasteiger charge is -2.39. The van der Waals surface area contributed by atoms with Crippen molar-refractivity contribution in [1.29, 1.82) is 0 Å². The van der Waals surface area contributed by atoms with E-state index in [-0.39, 0.29) is 23.9 Å². The fraction of sp³-hybridized carbons (Fsp3) is 0.409. The van der Waals surface area contributed by atoms with E-state index in [1.54, 1.807) is 17.0 Å². The van der Waals surface area contributed by atoms with Crippen LogP contribution in [-0.2, 0) is 21.4 Å². The predicted octanol–water partition coefficient (Wildman–Crippen LogP) is 3.94. The van der Waals surface area contributed by atoms with Crippen LogP contribution in [0.3, 0.4) is 0 Å². The molecule has 0 unspecified atom stereocenters. The SMILES string of the molecule is O=C(OC1CC1)N1CCc2nc(C3(C(=O)Nc4ccc(F)cc4)CCC3)ccc21. The van der Waals surface area contributed by atoms with Crippen LogP contribution in [-0.4, -0.2) is 29.6 Å². The molecule has 3 aliphatic rings. The Morgan fingerprint density at radius 2 is 1.90 bits per heavy atom. The third-order valence-electron chi connectivity index (χ3n) is 6.06. The molecule has 0 spiro atoms. The van der Waals surface area contributed by atoms with Gasteiger partial charge in [0.25, 0.3) is 0 Å². The van der Waals surface area contributed by atoms with E-state index < -0.39 is 5.41 Å². The van der Waals surface area contributed by atoms with Crippen LogP contribution < -0.4 is 10.2 Å². The van der Waals surface area contributed by atoms with Gasteiger partial charge in [-0.2, -0.15) is 0 Å². The third-order valence-corrected chi connectivity index (χ3v) is 6.06. The van der Waals surface area contributed by atoms with Gasteiger partial charge in [0.2, 0.25) is 5.91 Å². The monoisotopic (exact) mass is 395 g/mol. The Labute approximate surface area is 168 Å². The molecule has 2 saturated carbocycles. The van der Waals surface area contributed by atoms with Crippen molar-refractivity contribution < 1.29 is 18.7 Å². The lowest BCUT2D eigenvalue weighted by Crippen LogP contribution is -2.46. The molecule has 1 N–H and O–H groups in total. The highest BCUT2D eigenvalue weighted by molar-refractivity contribution is 5.99. The number of nitrogens with one attached hydrogen (secondary N) is 1. The van der Waals surface area contributed by atoms with Crippen molar-refractivity contribution in [3.63, 3.8) is 0 Å². The zero-order chi connectivity index (χ0) is 20.0. The Morgan fingerprint density at radius 1 is 1.14 bits per heavy atom. The van der Waals surface area contributed by atoms with Crippen LogP contribution in [0.2, 0.25) is 0 Å². The van der Waals surface area contributed by atoms with Gasteiger partial charge < -0.3 is 10.1 Å². The first-order chi connectivity index (χ1) is 14.0. The molecule has 1 aromatic heterocycles. The number of aromatic nitrogens is 1. The first kappa shape index (κ1) is 18.1. The van der Waals surface area contributed by atoms with E-state index in [1.807, 2.05) is 12.1 Å². The quantitative estimate of drug-likeness (QED) is 0.851. The maximum atomic E-state index is 13.1. The summed E-state index contributed by atoms with van der Waals surface area (Å²) in [6.07, 6.45) is 4.68. The van der Waals surface area contributed by atoms with E-state index in [0.717, 1.165) is 49.2 Å². The largest absolute Gasteiger partial charge is 0.446 e. The fourth-order valence-electron chi connectivity index (χ4n) is 4.02. The molecule has 2 amide bonds. The second-order valence-electron chi connectivity index (χ2n) is 8.04. The first-order valence-electron chi connectivity index (χ1n) is 10.1. The number of nitrogens with zero attached hydrogens (tertiary/aromatic N) is 2. The van der Waals surface area contributed by atoms with Crippen LogP contribution in [0.4, 0.5) is 20.6 Å². The van der Waals surface area contributed by atoms with Gasteiger partial charge in [-0.3, -0.25) is 14.7 Å². The lowest BCUT2D eigenvalue weighted by molar-refractivity contribution is -0.124. The highest BCUT2D eigenvalue weighted by Gasteiger charge is 2.47. The maximum Gasteiger partial charge on any atom is 0.414 e. The molecule has 7 heteroatoms. The van der Waals surface area contributed by atoms with Crippen molar-refractivity contribution in [2.75, 3.05) is 16.8 Å². The summed E-state index contributed by atoms with van der Waals surface area (Å²) >= 11 is 0. The van der Waals surface area contributed by atoms with E-state index in [1.165, 1.54) is 12.1 Å². The zero-order valence-electron chi connectivity index (χ0n) is 16.0. The molecule has 2 aromatic rings. The number of fused-ring (bicyclic) bond motifs is 1. The molecule has 0 atom stereocenters. The Morgan fingerprint density at radius 3 is 2.55 bits per heavy atom. The van der Waals surface area contributed by atoms with Gasteiger partial charge in [-0.25, -0.2) is 9.18 Å². The van der Waals surface area contributed by atoms with E-state index in [9.17, 15) is 14.0 Å². The van der Waals surface area contributed by atoms with Crippen LogP contribution in [0.1, 0.15) is 43.5 Å². The Balaban J connectivity index is 1.37. The van der Waals surface area contributed by atoms with Crippen LogP contribution in [0.25, 0.3) is 0 Å². The van der Waals surface area contributed by atoms with Gasteiger partial charge in [0.05, 0.1) is 22.5 Å². The number of hydrogen-bond acceptors (Lipinski definition) is 4. The predicted molar refractivity (Wildman–Crippen MR) is 105 cm³/mol. The number of ether oxygens (including phenoxy) is 1. The Bertz CT molecular complexity index is 968. The van der Waals surface area contributed by atoms with Gasteiger partial charge in [-0.15, -0.1) is 0 Å². The molecule has 0 saturated heterocycles. The number of anilines is 2. The second-order valence-corrected chi connectivity index (χ2v) is 8.04. The van der Waals surface area contributed by atoms with Gasteiger partial charge in [-0.05, 0) is 62.1 Å². The average molecular weight is 395 g/mol. The highest BCUT2D eigenvalue weighted by Crippen LogP contribution is 2.45. The van der Waals surface area contributed by atoms with Crippen LogP contribution >= 0.6 is 0 Å². The molecular weight excluding hydrogens is 373 g/mol. The van der Waals surface area contributed by atoms with Gasteiger partial charge in [0, 0.05) is 18.7 Å². The average Bonchev–Trinajstić information content (AvgIpc) is 3.38. The Kier molecular flexibility index (Phi) is 4.26. The number of amides is 2. The maximum absolute atomic E-state index is 13.1. The zero-order valence-corrected chi connectivity index (χ0v) is 16.0. The first-order valence-corrected chi connectivity index (χ1v) is 10.1. The number of rotatable bonds is 4. The topological polar surface area (TPSA) is 71.5 Å². The lowest BCUT2D eigenvalue weighted by atomic mass is 9.65. The van der Waals surface area contributed by atoms with Crippen LogP contribution in [0, 0.1) is 5.82 Å². The molecule has 1 aromatic carbocycles. The van der Waals surface area contributed by atoms with Gasteiger partial charge in [0.1, 0.15) is 11.9 Å². The number of halogens is 1. The molecule has 2 fully saturated rings. The third kappa shape index (κ3) is 3.24. The van der Waals surface area contributed by atoms with Crippen LogP contribution in [0.15, 0.2) is 36.4 Å². The van der Waals surface area contributed by atoms with Crippen molar-refractivity contribution in [3.05, 3.63) is 53.6 Å².